The van der Waals surface area contributed by atoms with Crippen molar-refractivity contribution in [3.05, 3.63) is 252 Å². The molecule has 62 heavy (non-hydrogen) atoms. The smallest absolute Gasteiger partial charge is 0.161 e. The van der Waals surface area contributed by atoms with E-state index in [-0.39, 0.29) is 5.41 Å². The average Bonchev–Trinajstić information content (AvgIpc) is 3.64. The molecular weight excluding hydrogens is 749 g/mol. The summed E-state index contributed by atoms with van der Waals surface area (Å²) in [7, 11) is 0. The van der Waals surface area contributed by atoms with Crippen LogP contribution in [0.25, 0.3) is 78.1 Å². The average molecular weight is 791 g/mol. The monoisotopic (exact) mass is 790 g/mol. The van der Waals surface area contributed by atoms with Crippen molar-refractivity contribution in [2.24, 2.45) is 0 Å². The molecule has 1 heterocycles. The maximum atomic E-state index is 5.50. The quantitative estimate of drug-likeness (QED) is 0.174. The van der Waals surface area contributed by atoms with Gasteiger partial charge in [-0.3, -0.25) is 0 Å². The van der Waals surface area contributed by atoms with Crippen LogP contribution in [-0.2, 0) is 10.8 Å². The van der Waals surface area contributed by atoms with Crippen LogP contribution in [0.1, 0.15) is 47.2 Å². The SMILES string of the molecule is CC1(C)c2ccccc2C2(c3ccccc3-c3ccccc32)c2cc(-c3ccccc3-c3nc(-c4ccccc4)cc(-c4ccc(-c5ccccc5)c5ccccc45)n3)ccc21. The molecule has 0 bridgehead atoms. The van der Waals surface area contributed by atoms with Crippen molar-refractivity contribution in [2.75, 3.05) is 0 Å². The van der Waals surface area contributed by atoms with Crippen molar-refractivity contribution < 1.29 is 0 Å². The molecule has 0 amide bonds. The Bertz CT molecular complexity index is 3330. The topological polar surface area (TPSA) is 25.8 Å². The van der Waals surface area contributed by atoms with Gasteiger partial charge in [-0.2, -0.15) is 0 Å². The van der Waals surface area contributed by atoms with E-state index in [1.165, 1.54) is 61.0 Å². The van der Waals surface area contributed by atoms with Gasteiger partial charge in [-0.05, 0) is 89.7 Å². The maximum absolute atomic E-state index is 5.50. The first-order valence-corrected chi connectivity index (χ1v) is 21.6. The van der Waals surface area contributed by atoms with Crippen LogP contribution >= 0.6 is 0 Å². The zero-order chi connectivity index (χ0) is 41.4. The van der Waals surface area contributed by atoms with Gasteiger partial charge in [0.15, 0.2) is 5.82 Å². The molecule has 1 spiro atoms. The van der Waals surface area contributed by atoms with Crippen molar-refractivity contribution in [3.8, 4) is 67.3 Å². The molecule has 2 aliphatic rings. The van der Waals surface area contributed by atoms with Crippen molar-refractivity contribution in [2.45, 2.75) is 24.7 Å². The molecule has 0 N–H and O–H groups in total. The predicted molar refractivity (Wildman–Crippen MR) is 256 cm³/mol. The van der Waals surface area contributed by atoms with E-state index in [0.29, 0.717) is 5.82 Å². The van der Waals surface area contributed by atoms with E-state index in [9.17, 15) is 0 Å². The molecule has 0 atom stereocenters. The van der Waals surface area contributed by atoms with Crippen molar-refractivity contribution in [1.29, 1.82) is 0 Å². The molecule has 0 aliphatic heterocycles. The largest absolute Gasteiger partial charge is 0.228 e. The normalized spacial score (nSPS) is 13.9. The minimum absolute atomic E-state index is 0.220. The highest BCUT2D eigenvalue weighted by Gasteiger charge is 2.53. The summed E-state index contributed by atoms with van der Waals surface area (Å²) >= 11 is 0. The van der Waals surface area contributed by atoms with Gasteiger partial charge >= 0.3 is 0 Å². The lowest BCUT2D eigenvalue weighted by atomic mass is 9.55. The van der Waals surface area contributed by atoms with Gasteiger partial charge < -0.3 is 0 Å². The van der Waals surface area contributed by atoms with E-state index in [1.54, 1.807) is 0 Å². The van der Waals surface area contributed by atoms with Crippen LogP contribution in [0.3, 0.4) is 0 Å². The molecule has 0 saturated carbocycles. The highest BCUT2D eigenvalue weighted by Crippen LogP contribution is 2.62. The number of hydrogen-bond donors (Lipinski definition) is 0. The first kappa shape index (κ1) is 36.2. The number of nitrogens with zero attached hydrogens (tertiary/aromatic N) is 2. The van der Waals surface area contributed by atoms with Gasteiger partial charge in [-0.1, -0.05) is 220 Å². The molecule has 2 nitrogen and oxygen atoms in total. The third kappa shape index (κ3) is 5.29. The van der Waals surface area contributed by atoms with E-state index < -0.39 is 5.41 Å². The second kappa shape index (κ2) is 13.9. The van der Waals surface area contributed by atoms with Gasteiger partial charge in [0.25, 0.3) is 0 Å². The van der Waals surface area contributed by atoms with E-state index in [4.69, 9.17) is 9.97 Å². The first-order chi connectivity index (χ1) is 30.5. The predicted octanol–water partition coefficient (Wildman–Crippen LogP) is 15.0. The maximum Gasteiger partial charge on any atom is 0.161 e. The van der Waals surface area contributed by atoms with E-state index in [1.807, 2.05) is 0 Å². The zero-order valence-electron chi connectivity index (χ0n) is 34.7. The molecule has 10 aromatic rings. The molecule has 0 fully saturated rings. The molecule has 1 aromatic heterocycles. The summed E-state index contributed by atoms with van der Waals surface area (Å²) in [6.07, 6.45) is 0. The van der Waals surface area contributed by atoms with Crippen LogP contribution in [0.5, 0.6) is 0 Å². The van der Waals surface area contributed by atoms with Crippen molar-refractivity contribution >= 4 is 10.8 Å². The lowest BCUT2D eigenvalue weighted by Gasteiger charge is -2.47. The summed E-state index contributed by atoms with van der Waals surface area (Å²) in [4.78, 5) is 10.9. The van der Waals surface area contributed by atoms with E-state index in [0.717, 1.165) is 44.6 Å². The fraction of sp³-hybridized carbons (Fsp3) is 0.0667. The fourth-order valence-corrected chi connectivity index (χ4v) is 10.8. The van der Waals surface area contributed by atoms with Gasteiger partial charge in [0.2, 0.25) is 0 Å². The molecule has 0 saturated heterocycles. The third-order valence-corrected chi connectivity index (χ3v) is 13.6. The highest BCUT2D eigenvalue weighted by molar-refractivity contribution is 6.05. The molecule has 0 unspecified atom stereocenters. The third-order valence-electron chi connectivity index (χ3n) is 13.6. The van der Waals surface area contributed by atoms with Crippen molar-refractivity contribution in [3.63, 3.8) is 0 Å². The molecule has 2 heteroatoms. The van der Waals surface area contributed by atoms with Crippen LogP contribution in [0.4, 0.5) is 0 Å². The minimum atomic E-state index is -0.483. The Morgan fingerprint density at radius 1 is 0.290 bits per heavy atom. The molecule has 2 aliphatic carbocycles. The van der Waals surface area contributed by atoms with Gasteiger partial charge in [-0.15, -0.1) is 0 Å². The van der Waals surface area contributed by atoms with Gasteiger partial charge in [0, 0.05) is 22.1 Å². The van der Waals surface area contributed by atoms with Crippen LogP contribution in [0, 0.1) is 0 Å². The number of rotatable bonds is 5. The summed E-state index contributed by atoms with van der Waals surface area (Å²) in [5.74, 6) is 0.697. The Balaban J connectivity index is 1.09. The number of fused-ring (bicyclic) bond motifs is 10. The number of benzene rings is 9. The minimum Gasteiger partial charge on any atom is -0.228 e. The van der Waals surface area contributed by atoms with Crippen molar-refractivity contribution in [1.82, 2.24) is 9.97 Å². The highest BCUT2D eigenvalue weighted by atomic mass is 14.9. The van der Waals surface area contributed by atoms with Crippen LogP contribution < -0.4 is 0 Å². The molecule has 0 radical (unpaired) electrons. The fourth-order valence-electron chi connectivity index (χ4n) is 10.8. The Hall–Kier alpha value is -7.68. The lowest BCUT2D eigenvalue weighted by molar-refractivity contribution is 0.563. The lowest BCUT2D eigenvalue weighted by Crippen LogP contribution is -2.40. The van der Waals surface area contributed by atoms with Crippen LogP contribution in [-0.4, -0.2) is 9.97 Å². The van der Waals surface area contributed by atoms with Gasteiger partial charge in [0.05, 0.1) is 16.8 Å². The Labute approximate surface area is 362 Å². The van der Waals surface area contributed by atoms with Gasteiger partial charge in [-0.25, -0.2) is 9.97 Å². The Kier molecular flexibility index (Phi) is 8.14. The Morgan fingerprint density at radius 2 is 0.774 bits per heavy atom. The van der Waals surface area contributed by atoms with E-state index in [2.05, 4.69) is 232 Å². The summed E-state index contributed by atoms with van der Waals surface area (Å²) in [5, 5.41) is 2.35. The number of aromatic nitrogens is 2. The zero-order valence-corrected chi connectivity index (χ0v) is 34.7. The molecule has 12 rings (SSSR count). The van der Waals surface area contributed by atoms with Gasteiger partial charge in [0.1, 0.15) is 0 Å². The standard InChI is InChI=1S/C60H42N2/c1-59(2)52-31-17-18-32-54(52)60(50-29-15-13-26-46(50)47-27-14-16-30-51(47)60)55-37-41(33-36-53(55)59)42-23-9-12-28-49(42)58-61-56(40-21-7-4-8-22-40)38-57(62-58)48-35-34-43(39-19-5-3-6-20-39)44-24-10-11-25-45(44)48/h3-38H,1-2H3. The molecule has 292 valence electrons. The summed E-state index contributed by atoms with van der Waals surface area (Å²) in [6.45, 7) is 4.77. The second-order valence-electron chi connectivity index (χ2n) is 17.2. The summed E-state index contributed by atoms with van der Waals surface area (Å²) < 4.78 is 0. The summed E-state index contributed by atoms with van der Waals surface area (Å²) in [6, 6.07) is 79.6. The van der Waals surface area contributed by atoms with Crippen LogP contribution in [0.15, 0.2) is 218 Å². The first-order valence-electron chi connectivity index (χ1n) is 21.6. The Morgan fingerprint density at radius 3 is 1.45 bits per heavy atom. The van der Waals surface area contributed by atoms with Crippen LogP contribution in [0.2, 0.25) is 0 Å². The second-order valence-corrected chi connectivity index (χ2v) is 17.2. The number of hydrogen-bond acceptors (Lipinski definition) is 2. The summed E-state index contributed by atoms with van der Waals surface area (Å²) in [5.41, 5.74) is 19.5. The molecular formula is C60H42N2. The van der Waals surface area contributed by atoms with E-state index >= 15 is 0 Å². The molecule has 9 aromatic carbocycles.